The Bertz CT molecular complexity index is 711. The highest BCUT2D eigenvalue weighted by molar-refractivity contribution is 7.16. The lowest BCUT2D eigenvalue weighted by Gasteiger charge is -2.13. The van der Waals surface area contributed by atoms with Crippen molar-refractivity contribution in [1.82, 2.24) is 4.98 Å². The lowest BCUT2D eigenvalue weighted by molar-refractivity contribution is 0.191. The highest BCUT2D eigenvalue weighted by Gasteiger charge is 2.07. The van der Waals surface area contributed by atoms with Crippen molar-refractivity contribution in [1.29, 1.82) is 0 Å². The van der Waals surface area contributed by atoms with Gasteiger partial charge in [-0.15, -0.1) is 11.3 Å². The number of hydrogen-bond acceptors (Lipinski definition) is 4. The molecule has 2 N–H and O–H groups in total. The van der Waals surface area contributed by atoms with Gasteiger partial charge in [-0.05, 0) is 35.9 Å². The van der Waals surface area contributed by atoms with Crippen LogP contribution in [0.25, 0.3) is 10.2 Å². The summed E-state index contributed by atoms with van der Waals surface area (Å²) in [5, 5.41) is 14.0. The van der Waals surface area contributed by atoms with Gasteiger partial charge in [0.2, 0.25) is 0 Å². The first kappa shape index (κ1) is 13.4. The van der Waals surface area contributed by atoms with Gasteiger partial charge in [0, 0.05) is 17.3 Å². The van der Waals surface area contributed by atoms with Crippen LogP contribution in [0.15, 0.2) is 48.0 Å². The van der Waals surface area contributed by atoms with Crippen LogP contribution in [0.5, 0.6) is 0 Å². The molecule has 0 aliphatic rings. The summed E-state index contributed by atoms with van der Waals surface area (Å²) >= 11 is 7.44. The first-order valence-electron chi connectivity index (χ1n) is 6.23. The molecule has 0 amide bonds. The maximum absolute atomic E-state index is 10.1. The Kier molecular flexibility index (Phi) is 3.87. The molecule has 1 aromatic heterocycles. The van der Waals surface area contributed by atoms with Gasteiger partial charge in [-0.25, -0.2) is 4.98 Å². The van der Waals surface area contributed by atoms with E-state index < -0.39 is 6.10 Å². The van der Waals surface area contributed by atoms with Gasteiger partial charge in [-0.1, -0.05) is 23.7 Å². The van der Waals surface area contributed by atoms with Crippen molar-refractivity contribution in [2.24, 2.45) is 0 Å². The molecule has 102 valence electrons. The fraction of sp³-hybridized carbons (Fsp3) is 0.133. The summed E-state index contributed by atoms with van der Waals surface area (Å²) in [4.78, 5) is 4.24. The van der Waals surface area contributed by atoms with Gasteiger partial charge in [-0.3, -0.25) is 0 Å². The van der Waals surface area contributed by atoms with Gasteiger partial charge < -0.3 is 10.4 Å². The minimum Gasteiger partial charge on any atom is -0.387 e. The average molecular weight is 305 g/mol. The van der Waals surface area contributed by atoms with E-state index in [2.05, 4.69) is 10.3 Å². The number of aliphatic hydroxyl groups excluding tert-OH is 1. The molecular weight excluding hydrogens is 292 g/mol. The normalized spacial score (nSPS) is 12.5. The number of thiazole rings is 1. The van der Waals surface area contributed by atoms with Crippen molar-refractivity contribution < 1.29 is 5.11 Å². The molecular formula is C15H13ClN2OS. The molecule has 3 rings (SSSR count). The minimum absolute atomic E-state index is 0.450. The second-order valence-corrected chi connectivity index (χ2v) is 5.81. The third-order valence-electron chi connectivity index (χ3n) is 3.09. The third kappa shape index (κ3) is 2.93. The van der Waals surface area contributed by atoms with E-state index in [0.29, 0.717) is 11.6 Å². The quantitative estimate of drug-likeness (QED) is 0.763. The molecule has 20 heavy (non-hydrogen) atoms. The Hall–Kier alpha value is -1.62. The van der Waals surface area contributed by atoms with E-state index in [1.807, 2.05) is 35.8 Å². The summed E-state index contributed by atoms with van der Waals surface area (Å²) < 4.78 is 1.14. The molecule has 3 nitrogen and oxygen atoms in total. The molecule has 0 saturated carbocycles. The largest absolute Gasteiger partial charge is 0.387 e. The van der Waals surface area contributed by atoms with Crippen molar-refractivity contribution in [2.75, 3.05) is 11.9 Å². The summed E-state index contributed by atoms with van der Waals surface area (Å²) in [5.41, 5.74) is 4.66. The lowest BCUT2D eigenvalue weighted by atomic mass is 10.1. The van der Waals surface area contributed by atoms with Crippen molar-refractivity contribution in [3.05, 3.63) is 58.6 Å². The Morgan fingerprint density at radius 3 is 2.80 bits per heavy atom. The van der Waals surface area contributed by atoms with E-state index in [1.165, 1.54) is 0 Å². The van der Waals surface area contributed by atoms with Crippen LogP contribution < -0.4 is 5.32 Å². The highest BCUT2D eigenvalue weighted by Crippen LogP contribution is 2.23. The van der Waals surface area contributed by atoms with Crippen LogP contribution in [0, 0.1) is 0 Å². The monoisotopic (exact) mass is 304 g/mol. The van der Waals surface area contributed by atoms with Crippen LogP contribution in [-0.2, 0) is 0 Å². The van der Waals surface area contributed by atoms with E-state index in [9.17, 15) is 5.11 Å². The summed E-state index contributed by atoms with van der Waals surface area (Å²) in [6.07, 6.45) is -0.565. The molecule has 1 unspecified atom stereocenters. The molecule has 0 aliphatic heterocycles. The zero-order chi connectivity index (χ0) is 13.9. The standard InChI is InChI=1S/C15H13ClN2OS/c16-11-3-1-10(2-4-11)14(19)8-17-12-5-6-13-15(7-12)20-9-18-13/h1-7,9,14,17,19H,8H2. The number of hydrogen-bond donors (Lipinski definition) is 2. The summed E-state index contributed by atoms with van der Waals surface area (Å²) in [6.45, 7) is 0.450. The van der Waals surface area contributed by atoms with E-state index >= 15 is 0 Å². The highest BCUT2D eigenvalue weighted by atomic mass is 35.5. The SMILES string of the molecule is OC(CNc1ccc2ncsc2c1)c1ccc(Cl)cc1. The number of nitrogens with one attached hydrogen (secondary N) is 1. The number of aliphatic hydroxyl groups is 1. The topological polar surface area (TPSA) is 45.1 Å². The first-order valence-corrected chi connectivity index (χ1v) is 7.49. The van der Waals surface area contributed by atoms with Gasteiger partial charge in [0.15, 0.2) is 0 Å². The Morgan fingerprint density at radius 1 is 1.20 bits per heavy atom. The van der Waals surface area contributed by atoms with E-state index in [1.54, 1.807) is 23.5 Å². The van der Waals surface area contributed by atoms with Gasteiger partial charge in [-0.2, -0.15) is 0 Å². The maximum Gasteiger partial charge on any atom is 0.0962 e. The van der Waals surface area contributed by atoms with Gasteiger partial charge in [0.25, 0.3) is 0 Å². The molecule has 1 atom stereocenters. The Morgan fingerprint density at radius 2 is 2.00 bits per heavy atom. The van der Waals surface area contributed by atoms with Gasteiger partial charge in [0.05, 0.1) is 21.8 Å². The molecule has 0 spiro atoms. The van der Waals surface area contributed by atoms with Crippen molar-refractivity contribution in [2.45, 2.75) is 6.10 Å². The molecule has 2 aromatic carbocycles. The zero-order valence-corrected chi connectivity index (χ0v) is 12.2. The Labute approximate surface area is 125 Å². The number of halogens is 1. The number of nitrogens with zero attached hydrogens (tertiary/aromatic N) is 1. The van der Waals surface area contributed by atoms with Crippen LogP contribution in [0.2, 0.25) is 5.02 Å². The molecule has 5 heteroatoms. The second kappa shape index (κ2) is 5.79. The first-order chi connectivity index (χ1) is 9.72. The van der Waals surface area contributed by atoms with Crippen LogP contribution >= 0.6 is 22.9 Å². The average Bonchev–Trinajstić information content (AvgIpc) is 2.93. The summed E-state index contributed by atoms with van der Waals surface area (Å²) in [5.74, 6) is 0. The summed E-state index contributed by atoms with van der Waals surface area (Å²) in [6, 6.07) is 13.2. The predicted molar refractivity (Wildman–Crippen MR) is 84.5 cm³/mol. The minimum atomic E-state index is -0.565. The zero-order valence-electron chi connectivity index (χ0n) is 10.6. The predicted octanol–water partition coefficient (Wildman–Crippen LogP) is 4.10. The molecule has 1 heterocycles. The smallest absolute Gasteiger partial charge is 0.0962 e. The van der Waals surface area contributed by atoms with Crippen molar-refractivity contribution >= 4 is 38.8 Å². The molecule has 0 aliphatic carbocycles. The number of anilines is 1. The van der Waals surface area contributed by atoms with E-state index in [-0.39, 0.29) is 0 Å². The Balaban J connectivity index is 1.67. The van der Waals surface area contributed by atoms with Crippen LogP contribution in [-0.4, -0.2) is 16.6 Å². The van der Waals surface area contributed by atoms with Crippen molar-refractivity contribution in [3.8, 4) is 0 Å². The number of rotatable bonds is 4. The van der Waals surface area contributed by atoms with E-state index in [0.717, 1.165) is 21.5 Å². The van der Waals surface area contributed by atoms with Crippen LogP contribution in [0.4, 0.5) is 5.69 Å². The number of fused-ring (bicyclic) bond motifs is 1. The number of aromatic nitrogens is 1. The lowest BCUT2D eigenvalue weighted by Crippen LogP contribution is -2.11. The van der Waals surface area contributed by atoms with Crippen LogP contribution in [0.1, 0.15) is 11.7 Å². The van der Waals surface area contributed by atoms with Crippen molar-refractivity contribution in [3.63, 3.8) is 0 Å². The van der Waals surface area contributed by atoms with Gasteiger partial charge >= 0.3 is 0 Å². The molecule has 0 saturated heterocycles. The second-order valence-electron chi connectivity index (χ2n) is 4.48. The molecule has 0 radical (unpaired) electrons. The molecule has 0 fully saturated rings. The maximum atomic E-state index is 10.1. The number of benzene rings is 2. The van der Waals surface area contributed by atoms with Gasteiger partial charge in [0.1, 0.15) is 0 Å². The fourth-order valence-corrected chi connectivity index (χ4v) is 2.82. The molecule has 0 bridgehead atoms. The molecule has 3 aromatic rings. The van der Waals surface area contributed by atoms with Crippen LogP contribution in [0.3, 0.4) is 0 Å². The summed E-state index contributed by atoms with van der Waals surface area (Å²) in [7, 11) is 0. The fourth-order valence-electron chi connectivity index (χ4n) is 1.98. The van der Waals surface area contributed by atoms with E-state index in [4.69, 9.17) is 11.6 Å². The third-order valence-corrected chi connectivity index (χ3v) is 4.13.